The van der Waals surface area contributed by atoms with Crippen LogP contribution in [0.25, 0.3) is 0 Å². The topological polar surface area (TPSA) is 32.3 Å². The SMILES string of the molecule is CCNC1(CO)CCCCCC1C. The highest BCUT2D eigenvalue weighted by atomic mass is 16.3. The molecule has 1 fully saturated rings. The molecule has 78 valence electrons. The maximum absolute atomic E-state index is 9.51. The van der Waals surface area contributed by atoms with Crippen LogP contribution in [-0.4, -0.2) is 23.8 Å². The number of rotatable bonds is 3. The van der Waals surface area contributed by atoms with E-state index in [0.29, 0.717) is 12.5 Å². The van der Waals surface area contributed by atoms with Gasteiger partial charge in [0.25, 0.3) is 0 Å². The van der Waals surface area contributed by atoms with Crippen molar-refractivity contribution in [2.75, 3.05) is 13.2 Å². The highest BCUT2D eigenvalue weighted by Gasteiger charge is 2.35. The molecular weight excluding hydrogens is 162 g/mol. The summed E-state index contributed by atoms with van der Waals surface area (Å²) in [6, 6.07) is 0. The Morgan fingerprint density at radius 2 is 2.15 bits per heavy atom. The summed E-state index contributed by atoms with van der Waals surface area (Å²) in [7, 11) is 0. The van der Waals surface area contributed by atoms with Crippen LogP contribution in [0.3, 0.4) is 0 Å². The molecular formula is C11H23NO. The van der Waals surface area contributed by atoms with Gasteiger partial charge in [-0.1, -0.05) is 33.1 Å². The van der Waals surface area contributed by atoms with E-state index in [1.165, 1.54) is 25.7 Å². The maximum atomic E-state index is 9.51. The monoisotopic (exact) mass is 185 g/mol. The van der Waals surface area contributed by atoms with Gasteiger partial charge in [0.2, 0.25) is 0 Å². The average molecular weight is 185 g/mol. The number of likely N-dealkylation sites (N-methyl/N-ethyl adjacent to an activating group) is 1. The van der Waals surface area contributed by atoms with Gasteiger partial charge in [0.05, 0.1) is 6.61 Å². The van der Waals surface area contributed by atoms with Gasteiger partial charge in [-0.2, -0.15) is 0 Å². The van der Waals surface area contributed by atoms with E-state index >= 15 is 0 Å². The van der Waals surface area contributed by atoms with E-state index in [-0.39, 0.29) is 5.54 Å². The molecule has 0 spiro atoms. The molecule has 0 saturated heterocycles. The van der Waals surface area contributed by atoms with Gasteiger partial charge < -0.3 is 10.4 Å². The second-order valence-electron chi connectivity index (χ2n) is 4.34. The number of aliphatic hydroxyl groups is 1. The highest BCUT2D eigenvalue weighted by molar-refractivity contribution is 4.93. The van der Waals surface area contributed by atoms with E-state index in [1.54, 1.807) is 0 Å². The average Bonchev–Trinajstić information content (AvgIpc) is 2.31. The van der Waals surface area contributed by atoms with Crippen LogP contribution in [0.2, 0.25) is 0 Å². The predicted molar refractivity (Wildman–Crippen MR) is 55.7 cm³/mol. The lowest BCUT2D eigenvalue weighted by Crippen LogP contribution is -2.52. The summed E-state index contributed by atoms with van der Waals surface area (Å²) < 4.78 is 0. The molecule has 0 aliphatic heterocycles. The minimum Gasteiger partial charge on any atom is -0.394 e. The fraction of sp³-hybridized carbons (Fsp3) is 1.00. The molecule has 0 bridgehead atoms. The molecule has 0 aromatic carbocycles. The molecule has 0 heterocycles. The Morgan fingerprint density at radius 1 is 1.38 bits per heavy atom. The van der Waals surface area contributed by atoms with Crippen LogP contribution in [-0.2, 0) is 0 Å². The van der Waals surface area contributed by atoms with Gasteiger partial charge in [-0.25, -0.2) is 0 Å². The van der Waals surface area contributed by atoms with Crippen molar-refractivity contribution in [3.63, 3.8) is 0 Å². The molecule has 2 atom stereocenters. The van der Waals surface area contributed by atoms with Crippen molar-refractivity contribution in [3.05, 3.63) is 0 Å². The largest absolute Gasteiger partial charge is 0.394 e. The molecule has 1 aliphatic carbocycles. The maximum Gasteiger partial charge on any atom is 0.0615 e. The first-order valence-electron chi connectivity index (χ1n) is 5.61. The van der Waals surface area contributed by atoms with Gasteiger partial charge in [0, 0.05) is 5.54 Å². The summed E-state index contributed by atoms with van der Waals surface area (Å²) >= 11 is 0. The molecule has 2 unspecified atom stereocenters. The molecule has 0 amide bonds. The first-order chi connectivity index (χ1) is 6.25. The van der Waals surface area contributed by atoms with Crippen LogP contribution in [0.1, 0.15) is 46.0 Å². The number of aliphatic hydroxyl groups excluding tert-OH is 1. The Bertz CT molecular complexity index is 149. The van der Waals surface area contributed by atoms with Crippen LogP contribution >= 0.6 is 0 Å². The van der Waals surface area contributed by atoms with Crippen LogP contribution < -0.4 is 5.32 Å². The third-order valence-corrected chi connectivity index (χ3v) is 3.51. The summed E-state index contributed by atoms with van der Waals surface area (Å²) in [6.07, 6.45) is 6.32. The third-order valence-electron chi connectivity index (χ3n) is 3.51. The number of nitrogens with one attached hydrogen (secondary N) is 1. The van der Waals surface area contributed by atoms with E-state index in [4.69, 9.17) is 0 Å². The fourth-order valence-electron chi connectivity index (χ4n) is 2.50. The molecule has 0 radical (unpaired) electrons. The second-order valence-corrected chi connectivity index (χ2v) is 4.34. The summed E-state index contributed by atoms with van der Waals surface area (Å²) in [5.74, 6) is 0.611. The first kappa shape index (κ1) is 11.0. The zero-order chi connectivity index (χ0) is 9.73. The van der Waals surface area contributed by atoms with Crippen LogP contribution in [0.5, 0.6) is 0 Å². The van der Waals surface area contributed by atoms with E-state index in [9.17, 15) is 5.11 Å². The molecule has 2 nitrogen and oxygen atoms in total. The molecule has 0 aromatic rings. The van der Waals surface area contributed by atoms with Crippen molar-refractivity contribution in [2.24, 2.45) is 5.92 Å². The summed E-state index contributed by atoms with van der Waals surface area (Å²) in [4.78, 5) is 0. The Labute approximate surface area is 81.7 Å². The summed E-state index contributed by atoms with van der Waals surface area (Å²) in [5.41, 5.74) is 0.0191. The smallest absolute Gasteiger partial charge is 0.0615 e. The van der Waals surface area contributed by atoms with Crippen molar-refractivity contribution in [2.45, 2.75) is 51.5 Å². The number of hydrogen-bond donors (Lipinski definition) is 2. The standard InChI is InChI=1S/C11H23NO/c1-3-12-11(9-13)8-6-4-5-7-10(11)2/h10,12-13H,3-9H2,1-2H3. The van der Waals surface area contributed by atoms with Crippen molar-refractivity contribution in [3.8, 4) is 0 Å². The molecule has 2 N–H and O–H groups in total. The van der Waals surface area contributed by atoms with E-state index in [1.807, 2.05) is 0 Å². The van der Waals surface area contributed by atoms with Gasteiger partial charge in [0.1, 0.15) is 0 Å². The molecule has 1 rings (SSSR count). The van der Waals surface area contributed by atoms with Crippen molar-refractivity contribution in [1.29, 1.82) is 0 Å². The minimum absolute atomic E-state index is 0.0191. The second kappa shape index (κ2) is 4.97. The van der Waals surface area contributed by atoms with Gasteiger partial charge in [0.15, 0.2) is 0 Å². The van der Waals surface area contributed by atoms with Gasteiger partial charge in [-0.15, -0.1) is 0 Å². The molecule has 2 heteroatoms. The highest BCUT2D eigenvalue weighted by Crippen LogP contribution is 2.31. The van der Waals surface area contributed by atoms with Crippen molar-refractivity contribution < 1.29 is 5.11 Å². The summed E-state index contributed by atoms with van der Waals surface area (Å²) in [5, 5.41) is 13.0. The van der Waals surface area contributed by atoms with Gasteiger partial charge in [-0.3, -0.25) is 0 Å². The van der Waals surface area contributed by atoms with E-state index < -0.39 is 0 Å². The zero-order valence-corrected chi connectivity index (χ0v) is 8.97. The molecule has 1 saturated carbocycles. The van der Waals surface area contributed by atoms with Gasteiger partial charge >= 0.3 is 0 Å². The minimum atomic E-state index is 0.0191. The van der Waals surface area contributed by atoms with Crippen molar-refractivity contribution >= 4 is 0 Å². The van der Waals surface area contributed by atoms with E-state index in [0.717, 1.165) is 13.0 Å². The third kappa shape index (κ3) is 2.44. The Morgan fingerprint density at radius 3 is 2.77 bits per heavy atom. The van der Waals surface area contributed by atoms with Crippen LogP contribution in [0.15, 0.2) is 0 Å². The van der Waals surface area contributed by atoms with Crippen LogP contribution in [0.4, 0.5) is 0 Å². The fourth-order valence-corrected chi connectivity index (χ4v) is 2.50. The van der Waals surface area contributed by atoms with Crippen LogP contribution in [0, 0.1) is 5.92 Å². The quantitative estimate of drug-likeness (QED) is 0.658. The number of hydrogen-bond acceptors (Lipinski definition) is 2. The molecule has 0 aromatic heterocycles. The predicted octanol–water partition coefficient (Wildman–Crippen LogP) is 1.93. The lowest BCUT2D eigenvalue weighted by molar-refractivity contribution is 0.105. The Balaban J connectivity index is 2.66. The first-order valence-corrected chi connectivity index (χ1v) is 5.61. The molecule has 13 heavy (non-hydrogen) atoms. The molecule has 1 aliphatic rings. The van der Waals surface area contributed by atoms with Gasteiger partial charge in [-0.05, 0) is 25.3 Å². The van der Waals surface area contributed by atoms with Crippen molar-refractivity contribution in [1.82, 2.24) is 5.32 Å². The zero-order valence-electron chi connectivity index (χ0n) is 8.97. The lowest BCUT2D eigenvalue weighted by atomic mass is 9.81. The normalized spacial score (nSPS) is 35.8. The van der Waals surface area contributed by atoms with E-state index in [2.05, 4.69) is 19.2 Å². The lowest BCUT2D eigenvalue weighted by Gasteiger charge is -2.37. The Hall–Kier alpha value is -0.0800. The Kier molecular flexibility index (Phi) is 4.20. The summed E-state index contributed by atoms with van der Waals surface area (Å²) in [6.45, 7) is 5.64.